The van der Waals surface area contributed by atoms with Crippen LogP contribution in [0, 0.1) is 17.3 Å². The predicted octanol–water partition coefficient (Wildman–Crippen LogP) is 4.82. The van der Waals surface area contributed by atoms with E-state index in [1.807, 2.05) is 11.7 Å². The van der Waals surface area contributed by atoms with Crippen molar-refractivity contribution in [2.24, 2.45) is 17.3 Å². The second kappa shape index (κ2) is 5.61. The first-order chi connectivity index (χ1) is 9.59. The topological polar surface area (TPSA) is 22.1 Å². The van der Waals surface area contributed by atoms with Crippen LogP contribution in [-0.2, 0) is 11.3 Å². The Balaban J connectivity index is 1.63. The Morgan fingerprint density at radius 2 is 2.30 bits per heavy atom. The van der Waals surface area contributed by atoms with Crippen LogP contribution in [0.4, 0.5) is 0 Å². The SMILES string of the molecule is CC1CC=C2C[C@@H](OCc3cncs3)CC[C@]2(C)C1C. The third kappa shape index (κ3) is 2.58. The van der Waals surface area contributed by atoms with Gasteiger partial charge in [-0.1, -0.05) is 32.4 Å². The van der Waals surface area contributed by atoms with Crippen molar-refractivity contribution in [1.82, 2.24) is 4.98 Å². The average molecular weight is 291 g/mol. The van der Waals surface area contributed by atoms with Crippen LogP contribution in [0.15, 0.2) is 23.4 Å². The second-order valence-electron chi connectivity index (χ2n) is 6.79. The number of nitrogens with zero attached hydrogens (tertiary/aromatic N) is 1. The maximum absolute atomic E-state index is 6.11. The quantitative estimate of drug-likeness (QED) is 0.745. The van der Waals surface area contributed by atoms with Gasteiger partial charge in [0.1, 0.15) is 0 Å². The van der Waals surface area contributed by atoms with Gasteiger partial charge in [-0.15, -0.1) is 11.3 Å². The molecule has 0 spiro atoms. The van der Waals surface area contributed by atoms with Gasteiger partial charge in [0, 0.05) is 6.20 Å². The summed E-state index contributed by atoms with van der Waals surface area (Å²) in [5.74, 6) is 1.61. The van der Waals surface area contributed by atoms with Gasteiger partial charge in [-0.25, -0.2) is 0 Å². The van der Waals surface area contributed by atoms with Crippen LogP contribution in [0.2, 0.25) is 0 Å². The lowest BCUT2D eigenvalue weighted by Gasteiger charge is -2.49. The lowest BCUT2D eigenvalue weighted by Crippen LogP contribution is -2.40. The first-order valence-corrected chi connectivity index (χ1v) is 8.66. The number of aromatic nitrogens is 1. The molecule has 3 rings (SSSR count). The summed E-state index contributed by atoms with van der Waals surface area (Å²) in [5, 5.41) is 0. The fraction of sp³-hybridized carbons (Fsp3) is 0.706. The minimum Gasteiger partial charge on any atom is -0.372 e. The molecule has 1 aromatic heterocycles. The van der Waals surface area contributed by atoms with Crippen molar-refractivity contribution in [3.8, 4) is 0 Å². The van der Waals surface area contributed by atoms with E-state index in [9.17, 15) is 0 Å². The molecule has 1 fully saturated rings. The van der Waals surface area contributed by atoms with Crippen molar-refractivity contribution in [2.75, 3.05) is 0 Å². The average Bonchev–Trinajstić information content (AvgIpc) is 2.96. The number of hydrogen-bond acceptors (Lipinski definition) is 3. The van der Waals surface area contributed by atoms with Crippen molar-refractivity contribution < 1.29 is 4.74 Å². The highest BCUT2D eigenvalue weighted by Gasteiger charge is 2.43. The van der Waals surface area contributed by atoms with E-state index < -0.39 is 0 Å². The molecule has 1 aromatic rings. The van der Waals surface area contributed by atoms with Crippen LogP contribution in [0.3, 0.4) is 0 Å². The molecule has 20 heavy (non-hydrogen) atoms. The highest BCUT2D eigenvalue weighted by Crippen LogP contribution is 2.52. The van der Waals surface area contributed by atoms with Crippen LogP contribution in [0.25, 0.3) is 0 Å². The van der Waals surface area contributed by atoms with E-state index in [0.29, 0.717) is 11.5 Å². The van der Waals surface area contributed by atoms with Gasteiger partial charge < -0.3 is 4.74 Å². The zero-order valence-electron chi connectivity index (χ0n) is 12.8. The molecule has 2 aliphatic carbocycles. The molecular formula is C17H25NOS. The van der Waals surface area contributed by atoms with Crippen LogP contribution in [-0.4, -0.2) is 11.1 Å². The van der Waals surface area contributed by atoms with Crippen molar-refractivity contribution in [2.45, 2.75) is 59.2 Å². The number of allylic oxidation sites excluding steroid dienone is 1. The number of fused-ring (bicyclic) bond motifs is 1. The third-order valence-corrected chi connectivity index (χ3v) is 6.46. The minimum atomic E-state index is 0.400. The van der Waals surface area contributed by atoms with E-state index in [0.717, 1.165) is 24.9 Å². The molecule has 0 aliphatic heterocycles. The molecule has 0 saturated heterocycles. The number of rotatable bonds is 3. The van der Waals surface area contributed by atoms with E-state index in [4.69, 9.17) is 4.74 Å². The maximum atomic E-state index is 6.11. The van der Waals surface area contributed by atoms with Crippen molar-refractivity contribution in [1.29, 1.82) is 0 Å². The molecule has 0 radical (unpaired) electrons. The molecule has 1 saturated carbocycles. The third-order valence-electron chi connectivity index (χ3n) is 5.71. The van der Waals surface area contributed by atoms with Gasteiger partial charge in [0.25, 0.3) is 0 Å². The Bertz CT molecular complexity index is 481. The van der Waals surface area contributed by atoms with Crippen molar-refractivity contribution >= 4 is 11.3 Å². The number of thiazole rings is 1. The maximum Gasteiger partial charge on any atom is 0.0829 e. The Kier molecular flexibility index (Phi) is 4.00. The normalized spacial score (nSPS) is 37.4. The van der Waals surface area contributed by atoms with Gasteiger partial charge in [-0.3, -0.25) is 4.98 Å². The molecule has 2 unspecified atom stereocenters. The number of hydrogen-bond donors (Lipinski definition) is 0. The van der Waals surface area contributed by atoms with E-state index in [-0.39, 0.29) is 0 Å². The van der Waals surface area contributed by atoms with Crippen LogP contribution in [0.1, 0.15) is 51.3 Å². The first-order valence-electron chi connectivity index (χ1n) is 7.78. The Morgan fingerprint density at radius 3 is 3.05 bits per heavy atom. The molecule has 4 atom stereocenters. The van der Waals surface area contributed by atoms with Gasteiger partial charge in [-0.2, -0.15) is 0 Å². The van der Waals surface area contributed by atoms with Gasteiger partial charge in [0.2, 0.25) is 0 Å². The molecule has 0 N–H and O–H groups in total. The molecule has 0 aromatic carbocycles. The Morgan fingerprint density at radius 1 is 1.45 bits per heavy atom. The molecule has 110 valence electrons. The van der Waals surface area contributed by atoms with E-state index in [1.54, 1.807) is 16.9 Å². The predicted molar refractivity (Wildman–Crippen MR) is 83.7 cm³/mol. The van der Waals surface area contributed by atoms with E-state index in [2.05, 4.69) is 31.8 Å². The summed E-state index contributed by atoms with van der Waals surface area (Å²) in [5.41, 5.74) is 3.95. The van der Waals surface area contributed by atoms with Crippen LogP contribution >= 0.6 is 11.3 Å². The van der Waals surface area contributed by atoms with Gasteiger partial charge in [0.05, 0.1) is 23.1 Å². The Hall–Kier alpha value is -0.670. The van der Waals surface area contributed by atoms with Gasteiger partial charge in [0.15, 0.2) is 0 Å². The summed E-state index contributed by atoms with van der Waals surface area (Å²) in [7, 11) is 0. The number of ether oxygens (including phenoxy) is 1. The second-order valence-corrected chi connectivity index (χ2v) is 7.76. The largest absolute Gasteiger partial charge is 0.372 e. The summed E-state index contributed by atoms with van der Waals surface area (Å²) in [6.07, 6.45) is 9.67. The van der Waals surface area contributed by atoms with E-state index >= 15 is 0 Å². The molecule has 2 nitrogen and oxygen atoms in total. The lowest BCUT2D eigenvalue weighted by atomic mass is 9.57. The zero-order valence-corrected chi connectivity index (χ0v) is 13.6. The zero-order chi connectivity index (χ0) is 14.2. The molecule has 2 aliphatic rings. The van der Waals surface area contributed by atoms with E-state index in [1.165, 1.54) is 24.1 Å². The molecule has 3 heteroatoms. The lowest BCUT2D eigenvalue weighted by molar-refractivity contribution is -0.00341. The summed E-state index contributed by atoms with van der Waals surface area (Å²) in [6.45, 7) is 8.04. The summed E-state index contributed by atoms with van der Waals surface area (Å²) < 4.78 is 6.11. The molecule has 0 amide bonds. The van der Waals surface area contributed by atoms with Crippen molar-refractivity contribution in [3.05, 3.63) is 28.2 Å². The molecular weight excluding hydrogens is 266 g/mol. The highest BCUT2D eigenvalue weighted by atomic mass is 32.1. The van der Waals surface area contributed by atoms with Gasteiger partial charge in [-0.05, 0) is 42.9 Å². The van der Waals surface area contributed by atoms with Crippen LogP contribution in [0.5, 0.6) is 0 Å². The standard InChI is InChI=1S/C17H25NOS/c1-12-4-5-14-8-15(6-7-17(14,3)13(12)2)19-10-16-9-18-11-20-16/h5,9,11-13,15H,4,6-8,10H2,1-3H3/t12?,13?,15-,17+/m0/s1. The summed E-state index contributed by atoms with van der Waals surface area (Å²) >= 11 is 1.68. The monoisotopic (exact) mass is 291 g/mol. The summed E-state index contributed by atoms with van der Waals surface area (Å²) in [6, 6.07) is 0. The van der Waals surface area contributed by atoms with Crippen molar-refractivity contribution in [3.63, 3.8) is 0 Å². The fourth-order valence-corrected chi connectivity index (χ4v) is 4.37. The van der Waals surface area contributed by atoms with Gasteiger partial charge >= 0.3 is 0 Å². The molecule has 1 heterocycles. The smallest absolute Gasteiger partial charge is 0.0829 e. The Labute approximate surface area is 126 Å². The highest BCUT2D eigenvalue weighted by molar-refractivity contribution is 7.09. The minimum absolute atomic E-state index is 0.400. The van der Waals surface area contributed by atoms with Crippen LogP contribution < -0.4 is 0 Å². The fourth-order valence-electron chi connectivity index (χ4n) is 3.85. The molecule has 0 bridgehead atoms. The summed E-state index contributed by atoms with van der Waals surface area (Å²) in [4.78, 5) is 5.34. The first kappa shape index (κ1) is 14.3.